The summed E-state index contributed by atoms with van der Waals surface area (Å²) in [4.78, 5) is 11.4. The van der Waals surface area contributed by atoms with E-state index in [9.17, 15) is 0 Å². The van der Waals surface area contributed by atoms with E-state index in [0.29, 0.717) is 11.9 Å². The van der Waals surface area contributed by atoms with Gasteiger partial charge in [0.15, 0.2) is 0 Å². The monoisotopic (exact) mass is 341 g/mol. The third-order valence-electron chi connectivity index (χ3n) is 4.13. The number of benzene rings is 1. The summed E-state index contributed by atoms with van der Waals surface area (Å²) >= 11 is 0. The lowest BCUT2D eigenvalue weighted by Gasteiger charge is -2.22. The fraction of sp³-hybridized carbons (Fsp3) is 0.500. The number of nitrogens with one attached hydrogen (secondary N) is 2. The molecule has 0 fully saturated rings. The Bertz CT molecular complexity index is 692. The lowest BCUT2D eigenvalue weighted by molar-refractivity contribution is 0.687. The molecule has 136 valence electrons. The third kappa shape index (κ3) is 5.34. The highest BCUT2D eigenvalue weighted by atomic mass is 15.1. The van der Waals surface area contributed by atoms with E-state index in [-0.39, 0.29) is 0 Å². The first kappa shape index (κ1) is 19.0. The van der Waals surface area contributed by atoms with E-state index < -0.39 is 0 Å². The highest BCUT2D eigenvalue weighted by Gasteiger charge is 2.08. The van der Waals surface area contributed by atoms with E-state index in [1.807, 2.05) is 13.0 Å². The Labute approximate surface area is 151 Å². The van der Waals surface area contributed by atoms with E-state index in [1.165, 1.54) is 11.3 Å². The maximum atomic E-state index is 4.59. The van der Waals surface area contributed by atoms with Gasteiger partial charge in [0.05, 0.1) is 0 Å². The van der Waals surface area contributed by atoms with Crippen molar-refractivity contribution in [2.75, 3.05) is 35.2 Å². The molecule has 0 saturated carbocycles. The predicted molar refractivity (Wildman–Crippen MR) is 108 cm³/mol. The van der Waals surface area contributed by atoms with E-state index in [0.717, 1.165) is 36.8 Å². The number of hydrogen-bond acceptors (Lipinski definition) is 5. The van der Waals surface area contributed by atoms with Crippen molar-refractivity contribution in [1.29, 1.82) is 0 Å². The van der Waals surface area contributed by atoms with Gasteiger partial charge >= 0.3 is 0 Å². The second-order valence-electron chi connectivity index (χ2n) is 6.79. The molecule has 0 atom stereocenters. The molecule has 0 bridgehead atoms. The van der Waals surface area contributed by atoms with Crippen molar-refractivity contribution in [3.63, 3.8) is 0 Å². The summed E-state index contributed by atoms with van der Waals surface area (Å²) in [5.41, 5.74) is 4.42. The molecule has 0 saturated heterocycles. The minimum absolute atomic E-state index is 0.571. The Morgan fingerprint density at radius 3 is 2.36 bits per heavy atom. The smallest absolute Gasteiger partial charge is 0.229 e. The molecule has 0 unspecified atom stereocenters. The van der Waals surface area contributed by atoms with Crippen LogP contribution in [0.25, 0.3) is 0 Å². The third-order valence-corrected chi connectivity index (χ3v) is 4.13. The van der Waals surface area contributed by atoms with Crippen LogP contribution in [0.3, 0.4) is 0 Å². The first-order valence-electron chi connectivity index (χ1n) is 9.15. The van der Waals surface area contributed by atoms with Crippen LogP contribution in [0.1, 0.15) is 39.0 Å². The molecule has 0 spiro atoms. The summed E-state index contributed by atoms with van der Waals surface area (Å²) in [5, 5.41) is 6.73. The van der Waals surface area contributed by atoms with Crippen molar-refractivity contribution in [3.05, 3.63) is 35.5 Å². The van der Waals surface area contributed by atoms with Gasteiger partial charge < -0.3 is 15.5 Å². The molecular weight excluding hydrogens is 310 g/mol. The molecule has 0 aliphatic heterocycles. The molecule has 2 rings (SSSR count). The van der Waals surface area contributed by atoms with Crippen LogP contribution in [-0.2, 0) is 0 Å². The fourth-order valence-electron chi connectivity index (χ4n) is 2.72. The molecule has 5 heteroatoms. The second-order valence-corrected chi connectivity index (χ2v) is 6.79. The van der Waals surface area contributed by atoms with Gasteiger partial charge in [-0.2, -0.15) is 4.98 Å². The van der Waals surface area contributed by atoms with Gasteiger partial charge in [0.25, 0.3) is 0 Å². The molecule has 2 N–H and O–H groups in total. The zero-order valence-electron chi connectivity index (χ0n) is 16.3. The molecule has 1 aromatic carbocycles. The number of nitrogens with zero attached hydrogens (tertiary/aromatic N) is 3. The topological polar surface area (TPSA) is 53.1 Å². The summed E-state index contributed by atoms with van der Waals surface area (Å²) in [6.45, 7) is 15.7. The quantitative estimate of drug-likeness (QED) is 0.725. The number of aromatic nitrogens is 2. The lowest BCUT2D eigenvalue weighted by atomic mass is 10.1. The zero-order valence-corrected chi connectivity index (χ0v) is 16.3. The Balaban J connectivity index is 2.18. The van der Waals surface area contributed by atoms with Crippen molar-refractivity contribution in [2.24, 2.45) is 5.92 Å². The summed E-state index contributed by atoms with van der Waals surface area (Å²) in [7, 11) is 0. The van der Waals surface area contributed by atoms with Crippen LogP contribution in [0.2, 0.25) is 0 Å². The Morgan fingerprint density at radius 1 is 1.04 bits per heavy atom. The molecular formula is C20H31N5. The van der Waals surface area contributed by atoms with Crippen LogP contribution in [-0.4, -0.2) is 29.6 Å². The van der Waals surface area contributed by atoms with Crippen LogP contribution in [0.4, 0.5) is 23.1 Å². The lowest BCUT2D eigenvalue weighted by Crippen LogP contribution is -2.21. The van der Waals surface area contributed by atoms with Gasteiger partial charge in [-0.3, -0.25) is 0 Å². The summed E-state index contributed by atoms with van der Waals surface area (Å²) in [5.74, 6) is 2.06. The molecule has 5 nitrogen and oxygen atoms in total. The van der Waals surface area contributed by atoms with E-state index >= 15 is 0 Å². The molecule has 1 aromatic heterocycles. The zero-order chi connectivity index (χ0) is 18.4. The van der Waals surface area contributed by atoms with Crippen molar-refractivity contribution in [3.8, 4) is 0 Å². The fourth-order valence-corrected chi connectivity index (χ4v) is 2.72. The SMILES string of the molecule is CCN(CC)c1ccc(Nc2nc(C)cc(NCC(C)C)n2)c(C)c1. The maximum Gasteiger partial charge on any atom is 0.229 e. The van der Waals surface area contributed by atoms with Gasteiger partial charge in [-0.15, -0.1) is 0 Å². The maximum absolute atomic E-state index is 4.59. The summed E-state index contributed by atoms with van der Waals surface area (Å²) < 4.78 is 0. The van der Waals surface area contributed by atoms with Gasteiger partial charge in [-0.05, 0) is 57.4 Å². The minimum atomic E-state index is 0.571. The standard InChI is InChI=1S/C20H31N5/c1-7-25(8-2)17-9-10-18(15(5)11-17)23-20-22-16(6)12-19(24-20)21-13-14(3)4/h9-12,14H,7-8,13H2,1-6H3,(H2,21,22,23,24). The van der Waals surface area contributed by atoms with Crippen molar-refractivity contribution in [1.82, 2.24) is 9.97 Å². The first-order valence-corrected chi connectivity index (χ1v) is 9.15. The summed E-state index contributed by atoms with van der Waals surface area (Å²) in [6, 6.07) is 8.44. The number of rotatable bonds is 8. The van der Waals surface area contributed by atoms with Crippen LogP contribution < -0.4 is 15.5 Å². The average Bonchev–Trinajstić information content (AvgIpc) is 2.56. The van der Waals surface area contributed by atoms with Crippen molar-refractivity contribution >= 4 is 23.1 Å². The van der Waals surface area contributed by atoms with Gasteiger partial charge in [-0.25, -0.2) is 4.98 Å². The molecule has 0 radical (unpaired) electrons. The molecule has 2 aromatic rings. The number of anilines is 4. The first-order chi connectivity index (χ1) is 11.9. The minimum Gasteiger partial charge on any atom is -0.372 e. The predicted octanol–water partition coefficient (Wildman–Crippen LogP) is 4.75. The van der Waals surface area contributed by atoms with Crippen LogP contribution >= 0.6 is 0 Å². The normalized spacial score (nSPS) is 10.8. The van der Waals surface area contributed by atoms with Crippen molar-refractivity contribution < 1.29 is 0 Å². The molecule has 0 aliphatic rings. The van der Waals surface area contributed by atoms with Crippen LogP contribution in [0.15, 0.2) is 24.3 Å². The highest BCUT2D eigenvalue weighted by Crippen LogP contribution is 2.25. The molecule has 0 amide bonds. The van der Waals surface area contributed by atoms with E-state index in [4.69, 9.17) is 0 Å². The van der Waals surface area contributed by atoms with Gasteiger partial charge in [0.2, 0.25) is 5.95 Å². The second kappa shape index (κ2) is 8.70. The number of hydrogen-bond donors (Lipinski definition) is 2. The van der Waals surface area contributed by atoms with Gasteiger partial charge in [-0.1, -0.05) is 13.8 Å². The van der Waals surface area contributed by atoms with E-state index in [1.54, 1.807) is 0 Å². The average molecular weight is 342 g/mol. The van der Waals surface area contributed by atoms with Crippen LogP contribution in [0.5, 0.6) is 0 Å². The van der Waals surface area contributed by atoms with Gasteiger partial charge in [0.1, 0.15) is 5.82 Å². The Kier molecular flexibility index (Phi) is 6.62. The molecule has 25 heavy (non-hydrogen) atoms. The highest BCUT2D eigenvalue weighted by molar-refractivity contribution is 5.64. The largest absolute Gasteiger partial charge is 0.372 e. The Hall–Kier alpha value is -2.30. The summed E-state index contributed by atoms with van der Waals surface area (Å²) in [6.07, 6.45) is 0. The molecule has 0 aliphatic carbocycles. The van der Waals surface area contributed by atoms with Crippen molar-refractivity contribution in [2.45, 2.75) is 41.5 Å². The number of aryl methyl sites for hydroxylation is 2. The molecule has 1 heterocycles. The van der Waals surface area contributed by atoms with Crippen LogP contribution in [0, 0.1) is 19.8 Å². The van der Waals surface area contributed by atoms with Gasteiger partial charge in [0, 0.05) is 42.8 Å². The Morgan fingerprint density at radius 2 is 1.76 bits per heavy atom. The van der Waals surface area contributed by atoms with E-state index in [2.05, 4.69) is 78.3 Å².